The van der Waals surface area contributed by atoms with E-state index in [1.807, 2.05) is 0 Å². The molecule has 1 aromatic heterocycles. The minimum absolute atomic E-state index is 0.0143. The van der Waals surface area contributed by atoms with Crippen molar-refractivity contribution in [1.29, 1.82) is 0 Å². The monoisotopic (exact) mass is 333 g/mol. The number of pyridine rings is 1. The molecule has 0 atom stereocenters. The first-order chi connectivity index (χ1) is 10.7. The molecule has 0 spiro atoms. The van der Waals surface area contributed by atoms with E-state index in [1.165, 1.54) is 18.2 Å². The number of nitrogens with zero attached hydrogens (tertiary/aromatic N) is 1. The molecular formula is C17H16ClNO4. The largest absolute Gasteiger partial charge is 0.478 e. The fourth-order valence-electron chi connectivity index (χ4n) is 1.94. The molecule has 120 valence electrons. The maximum Gasteiger partial charge on any atom is 0.337 e. The highest BCUT2D eigenvalue weighted by molar-refractivity contribution is 6.31. The Kier molecular flexibility index (Phi) is 4.71. The van der Waals surface area contributed by atoms with Gasteiger partial charge in [-0.15, -0.1) is 0 Å². The molecule has 0 aliphatic heterocycles. The van der Waals surface area contributed by atoms with Crippen molar-refractivity contribution in [2.24, 2.45) is 0 Å². The number of hydrogen-bond donors (Lipinski definition) is 1. The minimum Gasteiger partial charge on any atom is -0.478 e. The van der Waals surface area contributed by atoms with Crippen LogP contribution < -0.4 is 0 Å². The molecule has 6 heteroatoms. The second-order valence-corrected chi connectivity index (χ2v) is 6.37. The van der Waals surface area contributed by atoms with E-state index >= 15 is 0 Å². The van der Waals surface area contributed by atoms with Crippen molar-refractivity contribution < 1.29 is 19.4 Å². The number of benzene rings is 1. The SMILES string of the molecule is CC(C)(C)OC(=O)/C=C/c1nc2ccc(Cl)cc2cc1C(=O)O. The lowest BCUT2D eigenvalue weighted by atomic mass is 10.1. The Morgan fingerprint density at radius 1 is 1.26 bits per heavy atom. The zero-order chi connectivity index (χ0) is 17.2. The van der Waals surface area contributed by atoms with Crippen LogP contribution in [0.3, 0.4) is 0 Å². The molecule has 0 aliphatic carbocycles. The van der Waals surface area contributed by atoms with E-state index in [0.717, 1.165) is 0 Å². The van der Waals surface area contributed by atoms with Crippen LogP contribution in [0.25, 0.3) is 17.0 Å². The van der Waals surface area contributed by atoms with Crippen LogP contribution in [0.5, 0.6) is 0 Å². The number of carbonyl (C=O) groups is 2. The zero-order valence-electron chi connectivity index (χ0n) is 13.0. The molecule has 2 rings (SSSR count). The molecule has 0 radical (unpaired) electrons. The summed E-state index contributed by atoms with van der Waals surface area (Å²) in [5.41, 5.74) is 0.130. The molecule has 1 heterocycles. The van der Waals surface area contributed by atoms with E-state index in [0.29, 0.717) is 15.9 Å². The van der Waals surface area contributed by atoms with Crippen molar-refractivity contribution in [3.8, 4) is 0 Å². The average Bonchev–Trinajstić information content (AvgIpc) is 2.42. The molecule has 0 bridgehead atoms. The number of halogens is 1. The first-order valence-corrected chi connectivity index (χ1v) is 7.28. The van der Waals surface area contributed by atoms with Gasteiger partial charge in [0.1, 0.15) is 5.60 Å². The molecule has 0 saturated carbocycles. The summed E-state index contributed by atoms with van der Waals surface area (Å²) < 4.78 is 5.14. The highest BCUT2D eigenvalue weighted by Gasteiger charge is 2.15. The van der Waals surface area contributed by atoms with E-state index < -0.39 is 17.5 Å². The van der Waals surface area contributed by atoms with Gasteiger partial charge in [-0.05, 0) is 51.1 Å². The van der Waals surface area contributed by atoms with E-state index in [-0.39, 0.29) is 11.3 Å². The molecule has 2 aromatic rings. The van der Waals surface area contributed by atoms with E-state index in [9.17, 15) is 14.7 Å². The molecular weight excluding hydrogens is 318 g/mol. The van der Waals surface area contributed by atoms with Gasteiger partial charge >= 0.3 is 11.9 Å². The molecule has 5 nitrogen and oxygen atoms in total. The first-order valence-electron chi connectivity index (χ1n) is 6.90. The summed E-state index contributed by atoms with van der Waals surface area (Å²) in [5.74, 6) is -1.70. The van der Waals surface area contributed by atoms with E-state index in [2.05, 4.69) is 4.98 Å². The summed E-state index contributed by atoms with van der Waals surface area (Å²) in [7, 11) is 0. The molecule has 1 aromatic carbocycles. The Balaban J connectivity index is 2.42. The van der Waals surface area contributed by atoms with E-state index in [1.54, 1.807) is 39.0 Å². The third-order valence-electron chi connectivity index (χ3n) is 2.82. The average molecular weight is 334 g/mol. The number of ether oxygens (including phenoxy) is 1. The Hall–Kier alpha value is -2.40. The second kappa shape index (κ2) is 6.38. The Morgan fingerprint density at radius 2 is 1.96 bits per heavy atom. The predicted molar refractivity (Wildman–Crippen MR) is 88.6 cm³/mol. The second-order valence-electron chi connectivity index (χ2n) is 5.93. The summed E-state index contributed by atoms with van der Waals surface area (Å²) in [6.07, 6.45) is 2.51. The number of carboxylic acid groups (broad SMARTS) is 1. The van der Waals surface area contributed by atoms with Crippen molar-refractivity contribution >= 4 is 40.5 Å². The van der Waals surface area contributed by atoms with Crippen molar-refractivity contribution in [2.75, 3.05) is 0 Å². The van der Waals surface area contributed by atoms with Crippen LogP contribution in [0.2, 0.25) is 5.02 Å². The van der Waals surface area contributed by atoms with Crippen LogP contribution in [0, 0.1) is 0 Å². The van der Waals surface area contributed by atoms with Crippen molar-refractivity contribution in [1.82, 2.24) is 4.98 Å². The van der Waals surface area contributed by atoms with E-state index in [4.69, 9.17) is 16.3 Å². The van der Waals surface area contributed by atoms with Gasteiger partial charge in [-0.1, -0.05) is 11.6 Å². The van der Waals surface area contributed by atoms with Crippen molar-refractivity contribution in [2.45, 2.75) is 26.4 Å². The molecule has 0 unspecified atom stereocenters. The third-order valence-corrected chi connectivity index (χ3v) is 3.06. The van der Waals surface area contributed by atoms with Gasteiger partial charge in [-0.25, -0.2) is 14.6 Å². The maximum absolute atomic E-state index is 11.7. The lowest BCUT2D eigenvalue weighted by Crippen LogP contribution is -2.22. The van der Waals surface area contributed by atoms with Gasteiger partial charge in [0.2, 0.25) is 0 Å². The van der Waals surface area contributed by atoms with Crippen LogP contribution in [-0.2, 0) is 9.53 Å². The molecule has 23 heavy (non-hydrogen) atoms. The van der Waals surface area contributed by atoms with Crippen molar-refractivity contribution in [3.05, 3.63) is 46.6 Å². The molecule has 1 N–H and O–H groups in total. The van der Waals surface area contributed by atoms with Crippen molar-refractivity contribution in [3.63, 3.8) is 0 Å². The molecule has 0 amide bonds. The molecule has 0 fully saturated rings. The number of esters is 1. The first kappa shape index (κ1) is 17.0. The smallest absolute Gasteiger partial charge is 0.337 e. The Labute approximate surface area is 138 Å². The topological polar surface area (TPSA) is 76.5 Å². The fourth-order valence-corrected chi connectivity index (χ4v) is 2.12. The lowest BCUT2D eigenvalue weighted by molar-refractivity contribution is -0.148. The van der Waals surface area contributed by atoms with Crippen LogP contribution >= 0.6 is 11.6 Å². The minimum atomic E-state index is -1.14. The van der Waals surface area contributed by atoms with Gasteiger partial charge in [0, 0.05) is 16.5 Å². The Bertz CT molecular complexity index is 806. The van der Waals surface area contributed by atoms with Crippen LogP contribution in [-0.4, -0.2) is 27.6 Å². The van der Waals surface area contributed by atoms with Crippen LogP contribution in [0.4, 0.5) is 0 Å². The maximum atomic E-state index is 11.7. The summed E-state index contributed by atoms with van der Waals surface area (Å²) in [4.78, 5) is 27.4. The standard InChI is InChI=1S/C17H16ClNO4/c1-17(2,3)23-15(20)7-6-14-12(16(21)22)9-10-8-11(18)4-5-13(10)19-14/h4-9H,1-3H3,(H,21,22)/b7-6+. The quantitative estimate of drug-likeness (QED) is 0.680. The number of carboxylic acids is 1. The molecule has 0 saturated heterocycles. The number of rotatable bonds is 3. The molecule has 0 aliphatic rings. The summed E-state index contributed by atoms with van der Waals surface area (Å²) in [6.45, 7) is 5.25. The summed E-state index contributed by atoms with van der Waals surface area (Å²) >= 11 is 5.90. The summed E-state index contributed by atoms with van der Waals surface area (Å²) in [6, 6.07) is 6.47. The lowest BCUT2D eigenvalue weighted by Gasteiger charge is -2.17. The van der Waals surface area contributed by atoms with Crippen LogP contribution in [0.15, 0.2) is 30.3 Å². The number of hydrogen-bond acceptors (Lipinski definition) is 4. The number of fused-ring (bicyclic) bond motifs is 1. The number of carbonyl (C=O) groups excluding carboxylic acids is 1. The number of aromatic carboxylic acids is 1. The zero-order valence-corrected chi connectivity index (χ0v) is 13.7. The van der Waals surface area contributed by atoms with Crippen LogP contribution in [0.1, 0.15) is 36.8 Å². The highest BCUT2D eigenvalue weighted by Crippen LogP contribution is 2.22. The third kappa shape index (κ3) is 4.53. The van der Waals surface area contributed by atoms with Gasteiger partial charge in [0.15, 0.2) is 0 Å². The van der Waals surface area contributed by atoms with Gasteiger partial charge in [0.05, 0.1) is 16.8 Å². The number of aromatic nitrogens is 1. The normalized spacial score (nSPS) is 11.8. The van der Waals surface area contributed by atoms with Gasteiger partial charge < -0.3 is 9.84 Å². The predicted octanol–water partition coefficient (Wildman–Crippen LogP) is 3.94. The Morgan fingerprint density at radius 3 is 2.57 bits per heavy atom. The van der Waals surface area contributed by atoms with Gasteiger partial charge in [-0.2, -0.15) is 0 Å². The highest BCUT2D eigenvalue weighted by atomic mass is 35.5. The fraction of sp³-hybridized carbons (Fsp3) is 0.235. The van der Waals surface area contributed by atoms with Gasteiger partial charge in [-0.3, -0.25) is 0 Å². The van der Waals surface area contributed by atoms with Gasteiger partial charge in [0.25, 0.3) is 0 Å². The summed E-state index contributed by atoms with van der Waals surface area (Å²) in [5, 5.41) is 10.4.